The van der Waals surface area contributed by atoms with Crippen LogP contribution in [0.1, 0.15) is 18.9 Å². The van der Waals surface area contributed by atoms with Crippen LogP contribution in [0.2, 0.25) is 0 Å². The van der Waals surface area contributed by atoms with Crippen molar-refractivity contribution in [2.24, 2.45) is 0 Å². The summed E-state index contributed by atoms with van der Waals surface area (Å²) >= 11 is 0. The minimum Gasteiger partial charge on any atom is -0.453 e. The molecule has 4 heteroatoms. The molecule has 0 unspecified atom stereocenters. The number of hydrogen-bond donors (Lipinski definition) is 1. The number of methoxy groups -OCH3 is 1. The van der Waals surface area contributed by atoms with E-state index in [1.807, 2.05) is 6.07 Å². The average Bonchev–Trinajstić information content (AvgIpc) is 2.62. The fraction of sp³-hybridized carbons (Fsp3) is 0.429. The lowest BCUT2D eigenvalue weighted by molar-refractivity contribution is -0.397. The Kier molecular flexibility index (Phi) is 3.36. The largest absolute Gasteiger partial charge is 0.453 e. The van der Waals surface area contributed by atoms with Gasteiger partial charge in [0.2, 0.25) is 5.69 Å². The first-order chi connectivity index (χ1) is 8.57. The molecule has 0 aromatic heterocycles. The van der Waals surface area contributed by atoms with Gasteiger partial charge in [0.15, 0.2) is 6.21 Å². The number of benzene rings is 1. The highest BCUT2D eigenvalue weighted by molar-refractivity contribution is 5.77. The number of nitrogens with one attached hydrogen (secondary N) is 1. The van der Waals surface area contributed by atoms with E-state index in [4.69, 9.17) is 0 Å². The van der Waals surface area contributed by atoms with E-state index in [1.165, 1.54) is 18.4 Å². The van der Waals surface area contributed by atoms with E-state index in [0.29, 0.717) is 6.54 Å². The molecule has 0 aliphatic carbocycles. The molecule has 1 aromatic carbocycles. The predicted molar refractivity (Wildman–Crippen MR) is 70.7 cm³/mol. The van der Waals surface area contributed by atoms with E-state index < -0.39 is 0 Å². The Hall–Kier alpha value is -1.84. The molecule has 1 amide bonds. The van der Waals surface area contributed by atoms with E-state index in [0.717, 1.165) is 6.42 Å². The number of amides is 1. The van der Waals surface area contributed by atoms with Gasteiger partial charge in [0, 0.05) is 18.2 Å². The molecule has 1 N–H and O–H groups in total. The van der Waals surface area contributed by atoms with Crippen LogP contribution in [0.4, 0.5) is 10.5 Å². The predicted octanol–water partition coefficient (Wildman–Crippen LogP) is 2.05. The third-order valence-electron chi connectivity index (χ3n) is 3.48. The Morgan fingerprint density at radius 3 is 2.89 bits per heavy atom. The van der Waals surface area contributed by atoms with Crippen LogP contribution in [0.25, 0.3) is 0 Å². The van der Waals surface area contributed by atoms with Gasteiger partial charge in [0.05, 0.1) is 12.5 Å². The molecule has 0 bridgehead atoms. The molecule has 0 saturated heterocycles. The van der Waals surface area contributed by atoms with Crippen LogP contribution >= 0.6 is 0 Å². The smallest absolute Gasteiger partial charge is 0.406 e. The molecule has 4 nitrogen and oxygen atoms in total. The average molecular weight is 247 g/mol. The van der Waals surface area contributed by atoms with Gasteiger partial charge in [-0.3, -0.25) is 0 Å². The molecule has 0 radical (unpaired) electrons. The van der Waals surface area contributed by atoms with Crippen LogP contribution in [-0.4, -0.2) is 37.6 Å². The van der Waals surface area contributed by atoms with E-state index in [9.17, 15) is 4.79 Å². The topological polar surface area (TPSA) is 41.3 Å². The van der Waals surface area contributed by atoms with Gasteiger partial charge in [-0.15, -0.1) is 0 Å². The summed E-state index contributed by atoms with van der Waals surface area (Å²) in [6, 6.07) is 8.36. The number of fused-ring (bicyclic) bond motifs is 1. The van der Waals surface area contributed by atoms with Gasteiger partial charge in [-0.25, -0.2) is 9.37 Å². The third-order valence-corrected chi connectivity index (χ3v) is 3.48. The molecule has 96 valence electrons. The first-order valence-electron chi connectivity index (χ1n) is 6.07. The second kappa shape index (κ2) is 4.80. The molecule has 18 heavy (non-hydrogen) atoms. The summed E-state index contributed by atoms with van der Waals surface area (Å²) in [5, 5.41) is 2.73. The number of carbonyl (C=O) groups is 1. The van der Waals surface area contributed by atoms with Gasteiger partial charge in [-0.05, 0) is 13.3 Å². The summed E-state index contributed by atoms with van der Waals surface area (Å²) in [5.74, 6) is 0. The normalized spacial score (nSPS) is 21.2. The molecule has 1 aliphatic rings. The maximum Gasteiger partial charge on any atom is 0.406 e. The van der Waals surface area contributed by atoms with Crippen molar-refractivity contribution < 1.29 is 14.1 Å². The summed E-state index contributed by atoms with van der Waals surface area (Å²) < 4.78 is 6.71. The summed E-state index contributed by atoms with van der Waals surface area (Å²) in [7, 11) is 3.43. The zero-order valence-corrected chi connectivity index (χ0v) is 11.1. The molecule has 0 spiro atoms. The van der Waals surface area contributed by atoms with Crippen LogP contribution in [0.5, 0.6) is 0 Å². The number of alkyl carbamates (subject to hydrolysis) is 1. The van der Waals surface area contributed by atoms with E-state index >= 15 is 0 Å². The third kappa shape index (κ3) is 2.23. The number of hydrogen-bond acceptors (Lipinski definition) is 2. The number of rotatable bonds is 3. The minimum atomic E-state index is -0.377. The lowest BCUT2D eigenvalue weighted by Gasteiger charge is -2.18. The van der Waals surface area contributed by atoms with Crippen molar-refractivity contribution in [3.05, 3.63) is 29.8 Å². The SMILES string of the molecule is COC(=O)NCC[C@]1(C)C=[N+](C)c2ccccc21. The van der Waals surface area contributed by atoms with Gasteiger partial charge in [-0.2, -0.15) is 0 Å². The Bertz CT molecular complexity index is 496. The number of carbonyl (C=O) groups excluding carboxylic acids is 1. The first kappa shape index (κ1) is 12.6. The van der Waals surface area contributed by atoms with Gasteiger partial charge in [0.1, 0.15) is 7.05 Å². The van der Waals surface area contributed by atoms with Crippen molar-refractivity contribution in [2.45, 2.75) is 18.8 Å². The zero-order chi connectivity index (χ0) is 13.2. The molecule has 1 atom stereocenters. The van der Waals surface area contributed by atoms with E-state index in [2.05, 4.69) is 53.0 Å². The molecule has 1 aliphatic heterocycles. The lowest BCUT2D eigenvalue weighted by atomic mass is 9.82. The van der Waals surface area contributed by atoms with E-state index in [-0.39, 0.29) is 11.5 Å². The molecule has 0 saturated carbocycles. The maximum atomic E-state index is 11.0. The van der Waals surface area contributed by atoms with Gasteiger partial charge < -0.3 is 10.1 Å². The molecule has 2 rings (SSSR count). The number of ether oxygens (including phenoxy) is 1. The second-order valence-electron chi connectivity index (χ2n) is 4.84. The van der Waals surface area contributed by atoms with E-state index in [1.54, 1.807) is 0 Å². The monoisotopic (exact) mass is 247 g/mol. The molecule has 1 aromatic rings. The van der Waals surface area contributed by atoms with Crippen molar-refractivity contribution >= 4 is 18.0 Å². The fourth-order valence-corrected chi connectivity index (χ4v) is 2.53. The van der Waals surface area contributed by atoms with Crippen molar-refractivity contribution in [2.75, 3.05) is 20.7 Å². The summed E-state index contributed by atoms with van der Waals surface area (Å²) in [6.45, 7) is 2.79. The van der Waals surface area contributed by atoms with Crippen LogP contribution in [0.3, 0.4) is 0 Å². The molecule has 1 heterocycles. The van der Waals surface area contributed by atoms with Crippen LogP contribution < -0.4 is 5.32 Å². The van der Waals surface area contributed by atoms with Crippen molar-refractivity contribution in [1.82, 2.24) is 5.32 Å². The number of nitrogens with zero attached hydrogens (tertiary/aromatic N) is 1. The highest BCUT2D eigenvalue weighted by Gasteiger charge is 2.38. The quantitative estimate of drug-likeness (QED) is 0.831. The molecular formula is C14H19N2O2+. The van der Waals surface area contributed by atoms with Gasteiger partial charge in [0.25, 0.3) is 0 Å². The highest BCUT2D eigenvalue weighted by atomic mass is 16.5. The zero-order valence-electron chi connectivity index (χ0n) is 11.1. The Morgan fingerprint density at radius 1 is 1.44 bits per heavy atom. The standard InChI is InChI=1S/C14H18N2O2/c1-14(8-9-15-13(17)18-3)10-16(2)12-7-5-4-6-11(12)14/h4-7,10H,8-9H2,1-3H3/p+1/t14-/m1/s1. The fourth-order valence-electron chi connectivity index (χ4n) is 2.53. The minimum absolute atomic E-state index is 0.0354. The Morgan fingerprint density at radius 2 is 2.17 bits per heavy atom. The molecule has 0 fully saturated rings. The maximum absolute atomic E-state index is 11.0. The van der Waals surface area contributed by atoms with Crippen LogP contribution in [0, 0.1) is 0 Å². The van der Waals surface area contributed by atoms with Gasteiger partial charge >= 0.3 is 6.09 Å². The van der Waals surface area contributed by atoms with Crippen molar-refractivity contribution in [1.29, 1.82) is 0 Å². The first-order valence-corrected chi connectivity index (χ1v) is 6.07. The molecular weight excluding hydrogens is 228 g/mol. The lowest BCUT2D eigenvalue weighted by Crippen LogP contribution is -2.31. The second-order valence-corrected chi connectivity index (χ2v) is 4.84. The Balaban J connectivity index is 2.11. The summed E-state index contributed by atoms with van der Waals surface area (Å²) in [5.41, 5.74) is 2.50. The summed E-state index contributed by atoms with van der Waals surface area (Å²) in [6.07, 6.45) is 2.68. The number of para-hydroxylation sites is 1. The summed E-state index contributed by atoms with van der Waals surface area (Å²) in [4.78, 5) is 11.0. The van der Waals surface area contributed by atoms with Gasteiger partial charge in [-0.1, -0.05) is 18.2 Å². The van der Waals surface area contributed by atoms with Crippen molar-refractivity contribution in [3.63, 3.8) is 0 Å². The van der Waals surface area contributed by atoms with Crippen LogP contribution in [-0.2, 0) is 10.2 Å². The highest BCUT2D eigenvalue weighted by Crippen LogP contribution is 2.37. The Labute approximate surface area is 107 Å². The van der Waals surface area contributed by atoms with Crippen LogP contribution in [0.15, 0.2) is 24.3 Å². The van der Waals surface area contributed by atoms with Crippen molar-refractivity contribution in [3.8, 4) is 0 Å².